The fourth-order valence-corrected chi connectivity index (χ4v) is 1.84. The van der Waals surface area contributed by atoms with Crippen molar-refractivity contribution in [2.45, 2.75) is 6.42 Å². The zero-order valence-corrected chi connectivity index (χ0v) is 8.96. The molecule has 5 nitrogen and oxygen atoms in total. The first kappa shape index (κ1) is 11.1. The third kappa shape index (κ3) is 1.97. The van der Waals surface area contributed by atoms with Crippen molar-refractivity contribution in [3.8, 4) is 12.3 Å². The van der Waals surface area contributed by atoms with Gasteiger partial charge in [-0.15, -0.1) is 12.3 Å². The van der Waals surface area contributed by atoms with Crippen LogP contribution in [0.25, 0.3) is 0 Å². The van der Waals surface area contributed by atoms with Gasteiger partial charge in [-0.2, -0.15) is 0 Å². The second-order valence-corrected chi connectivity index (χ2v) is 3.77. The van der Waals surface area contributed by atoms with E-state index in [1.807, 2.05) is 0 Å². The van der Waals surface area contributed by atoms with Crippen LogP contribution in [0.15, 0.2) is 18.5 Å². The maximum Gasteiger partial charge on any atom is 0.339 e. The number of anilines is 1. The van der Waals surface area contributed by atoms with E-state index in [2.05, 4.69) is 10.9 Å². The summed E-state index contributed by atoms with van der Waals surface area (Å²) in [6.45, 7) is 0.361. The normalized spacial score (nSPS) is 19.1. The average Bonchev–Trinajstić information content (AvgIpc) is 2.70. The van der Waals surface area contributed by atoms with Crippen molar-refractivity contribution < 1.29 is 14.7 Å². The molecule has 1 aliphatic rings. The van der Waals surface area contributed by atoms with E-state index in [0.717, 1.165) is 0 Å². The van der Waals surface area contributed by atoms with Crippen molar-refractivity contribution in [3.05, 3.63) is 24.0 Å². The van der Waals surface area contributed by atoms with Gasteiger partial charge in [0.2, 0.25) is 5.91 Å². The van der Waals surface area contributed by atoms with Gasteiger partial charge in [0.1, 0.15) is 5.56 Å². The lowest BCUT2D eigenvalue weighted by Crippen LogP contribution is -2.26. The van der Waals surface area contributed by atoms with Crippen molar-refractivity contribution in [1.82, 2.24) is 4.98 Å². The molecule has 1 N–H and O–H groups in total. The van der Waals surface area contributed by atoms with E-state index in [9.17, 15) is 9.59 Å². The van der Waals surface area contributed by atoms with E-state index in [4.69, 9.17) is 11.5 Å². The predicted octanol–water partition coefficient (Wildman–Crippen LogP) is 0.766. The molecular formula is C12H10N2O3. The van der Waals surface area contributed by atoms with Gasteiger partial charge in [-0.25, -0.2) is 4.79 Å². The fraction of sp³-hybridized carbons (Fsp3) is 0.250. The molecule has 0 saturated carbocycles. The zero-order chi connectivity index (χ0) is 12.4. The number of carbonyl (C=O) groups is 2. The van der Waals surface area contributed by atoms with Crippen molar-refractivity contribution >= 4 is 17.6 Å². The maximum absolute atomic E-state index is 11.7. The highest BCUT2D eigenvalue weighted by molar-refractivity contribution is 6.03. The lowest BCUT2D eigenvalue weighted by atomic mass is 10.1. The van der Waals surface area contributed by atoms with Gasteiger partial charge in [0, 0.05) is 31.3 Å². The molecule has 2 rings (SSSR count). The second-order valence-electron chi connectivity index (χ2n) is 3.77. The monoisotopic (exact) mass is 230 g/mol. The van der Waals surface area contributed by atoms with Gasteiger partial charge in [0.05, 0.1) is 5.69 Å². The van der Waals surface area contributed by atoms with Crippen LogP contribution >= 0.6 is 0 Å². The lowest BCUT2D eigenvalue weighted by molar-refractivity contribution is -0.117. The highest BCUT2D eigenvalue weighted by Crippen LogP contribution is 2.27. The number of rotatable bonds is 2. The Hall–Kier alpha value is -2.35. The molecule has 1 atom stereocenters. The number of hydrogen-bond acceptors (Lipinski definition) is 3. The van der Waals surface area contributed by atoms with Crippen LogP contribution in [0.3, 0.4) is 0 Å². The van der Waals surface area contributed by atoms with Crippen LogP contribution in [-0.2, 0) is 4.79 Å². The quantitative estimate of drug-likeness (QED) is 0.762. The fourth-order valence-electron chi connectivity index (χ4n) is 1.84. The molecule has 5 heteroatoms. The Labute approximate surface area is 98.1 Å². The predicted molar refractivity (Wildman–Crippen MR) is 60.5 cm³/mol. The maximum atomic E-state index is 11.7. The van der Waals surface area contributed by atoms with Crippen molar-refractivity contribution in [1.29, 1.82) is 0 Å². The van der Waals surface area contributed by atoms with Gasteiger partial charge < -0.3 is 10.0 Å². The SMILES string of the molecule is C#CC1CC(=O)N(c2ccncc2C(=O)O)C1. The molecule has 0 spiro atoms. The van der Waals surface area contributed by atoms with E-state index in [0.29, 0.717) is 12.2 Å². The number of hydrogen-bond donors (Lipinski definition) is 1. The Bertz CT molecular complexity index is 519. The van der Waals surface area contributed by atoms with Gasteiger partial charge in [-0.3, -0.25) is 9.78 Å². The van der Waals surface area contributed by atoms with Gasteiger partial charge in [-0.1, -0.05) is 0 Å². The number of carboxylic acid groups (broad SMARTS) is 1. The van der Waals surface area contributed by atoms with Crippen LogP contribution in [0.2, 0.25) is 0 Å². The topological polar surface area (TPSA) is 70.5 Å². The van der Waals surface area contributed by atoms with Crippen LogP contribution in [0.5, 0.6) is 0 Å². The molecule has 2 heterocycles. The summed E-state index contributed by atoms with van der Waals surface area (Å²) in [4.78, 5) is 27.9. The molecule has 1 saturated heterocycles. The molecular weight excluding hydrogens is 220 g/mol. The molecule has 1 aliphatic heterocycles. The van der Waals surface area contributed by atoms with E-state index >= 15 is 0 Å². The number of amides is 1. The second kappa shape index (κ2) is 4.26. The van der Waals surface area contributed by atoms with Gasteiger partial charge in [0.15, 0.2) is 0 Å². The van der Waals surface area contributed by atoms with Gasteiger partial charge in [-0.05, 0) is 6.07 Å². The summed E-state index contributed by atoms with van der Waals surface area (Å²) < 4.78 is 0. The molecule has 1 aromatic rings. The van der Waals surface area contributed by atoms with Crippen molar-refractivity contribution in [2.24, 2.45) is 5.92 Å². The number of aromatic nitrogens is 1. The van der Waals surface area contributed by atoms with E-state index < -0.39 is 5.97 Å². The summed E-state index contributed by atoms with van der Waals surface area (Å²) >= 11 is 0. The largest absolute Gasteiger partial charge is 0.478 e. The van der Waals surface area contributed by atoms with E-state index in [1.54, 1.807) is 0 Å². The minimum Gasteiger partial charge on any atom is -0.478 e. The Balaban J connectivity index is 2.39. The third-order valence-corrected chi connectivity index (χ3v) is 2.68. The van der Waals surface area contributed by atoms with Gasteiger partial charge in [0.25, 0.3) is 0 Å². The molecule has 1 fully saturated rings. The number of terminal acetylenes is 1. The van der Waals surface area contributed by atoms with Crippen LogP contribution in [-0.4, -0.2) is 28.5 Å². The number of aromatic carboxylic acids is 1. The summed E-state index contributed by atoms with van der Waals surface area (Å²) in [5, 5.41) is 9.02. The molecule has 86 valence electrons. The molecule has 0 aliphatic carbocycles. The Kier molecular flexibility index (Phi) is 2.79. The van der Waals surface area contributed by atoms with E-state index in [-0.39, 0.29) is 23.8 Å². The smallest absolute Gasteiger partial charge is 0.339 e. The summed E-state index contributed by atoms with van der Waals surface area (Å²) in [6.07, 6.45) is 8.23. The standard InChI is InChI=1S/C12H10N2O3/c1-2-8-5-11(15)14(7-8)10-3-4-13-6-9(10)12(16)17/h1,3-4,6,8H,5,7H2,(H,16,17). The van der Waals surface area contributed by atoms with Crippen LogP contribution < -0.4 is 4.90 Å². The number of nitrogens with zero attached hydrogens (tertiary/aromatic N) is 2. The average molecular weight is 230 g/mol. The van der Waals surface area contributed by atoms with Crippen LogP contribution in [0.4, 0.5) is 5.69 Å². The van der Waals surface area contributed by atoms with Crippen LogP contribution in [0.1, 0.15) is 16.8 Å². The highest BCUT2D eigenvalue weighted by atomic mass is 16.4. The molecule has 1 amide bonds. The minimum absolute atomic E-state index is 0.0125. The Morgan fingerprint density at radius 2 is 2.41 bits per heavy atom. The Morgan fingerprint density at radius 3 is 3.00 bits per heavy atom. The van der Waals surface area contributed by atoms with Crippen molar-refractivity contribution in [3.63, 3.8) is 0 Å². The molecule has 0 aromatic carbocycles. The molecule has 0 bridgehead atoms. The summed E-state index contributed by atoms with van der Waals surface area (Å²) in [5.74, 6) is 1.10. The summed E-state index contributed by atoms with van der Waals surface area (Å²) in [7, 11) is 0. The molecule has 0 radical (unpaired) electrons. The molecule has 1 unspecified atom stereocenters. The first-order chi connectivity index (χ1) is 8.13. The third-order valence-electron chi connectivity index (χ3n) is 2.68. The molecule has 17 heavy (non-hydrogen) atoms. The number of carboxylic acids is 1. The van der Waals surface area contributed by atoms with Crippen LogP contribution in [0, 0.1) is 18.3 Å². The highest BCUT2D eigenvalue weighted by Gasteiger charge is 2.31. The lowest BCUT2D eigenvalue weighted by Gasteiger charge is -2.17. The summed E-state index contributed by atoms with van der Waals surface area (Å²) in [5.41, 5.74) is 0.369. The van der Waals surface area contributed by atoms with Crippen molar-refractivity contribution in [2.75, 3.05) is 11.4 Å². The molecule has 1 aromatic heterocycles. The number of carbonyl (C=O) groups excluding carboxylic acids is 1. The van der Waals surface area contributed by atoms with Gasteiger partial charge >= 0.3 is 5.97 Å². The minimum atomic E-state index is -1.11. The number of pyridine rings is 1. The van der Waals surface area contributed by atoms with E-state index in [1.165, 1.54) is 23.4 Å². The Morgan fingerprint density at radius 1 is 1.65 bits per heavy atom. The zero-order valence-electron chi connectivity index (χ0n) is 8.96. The summed E-state index contributed by atoms with van der Waals surface area (Å²) in [6, 6.07) is 1.51. The first-order valence-corrected chi connectivity index (χ1v) is 5.07. The first-order valence-electron chi connectivity index (χ1n) is 5.07.